The van der Waals surface area contributed by atoms with Crippen molar-refractivity contribution < 1.29 is 19.4 Å². The monoisotopic (exact) mass is 229 g/mol. The highest BCUT2D eigenvalue weighted by atomic mass is 16.5. The standard InChI is InChI=1S/C11H19NO4/c1-12(9-5-7-16-8-6-9)10(13)3-2-4-11(14)15/h9H,2-8H2,1H3,(H,14,15). The molecule has 5 nitrogen and oxygen atoms in total. The number of ether oxygens (including phenoxy) is 1. The lowest BCUT2D eigenvalue weighted by atomic mass is 10.1. The van der Waals surface area contributed by atoms with E-state index in [1.54, 1.807) is 11.9 Å². The molecule has 1 fully saturated rings. The van der Waals surface area contributed by atoms with Gasteiger partial charge in [-0.25, -0.2) is 0 Å². The normalized spacial score (nSPS) is 17.1. The Morgan fingerprint density at radius 1 is 1.31 bits per heavy atom. The van der Waals surface area contributed by atoms with Gasteiger partial charge in [-0.3, -0.25) is 9.59 Å². The van der Waals surface area contributed by atoms with Gasteiger partial charge in [-0.15, -0.1) is 0 Å². The van der Waals surface area contributed by atoms with Crippen LogP contribution in [0, 0.1) is 0 Å². The first kappa shape index (κ1) is 13.0. The lowest BCUT2D eigenvalue weighted by molar-refractivity contribution is -0.137. The molecule has 1 amide bonds. The zero-order chi connectivity index (χ0) is 12.0. The van der Waals surface area contributed by atoms with Gasteiger partial charge in [-0.1, -0.05) is 0 Å². The molecule has 0 bridgehead atoms. The Hall–Kier alpha value is -1.10. The minimum Gasteiger partial charge on any atom is -0.481 e. The van der Waals surface area contributed by atoms with Crippen LogP contribution in [0.25, 0.3) is 0 Å². The number of carbonyl (C=O) groups excluding carboxylic acids is 1. The number of carbonyl (C=O) groups is 2. The van der Waals surface area contributed by atoms with Gasteiger partial charge in [0.25, 0.3) is 0 Å². The number of hydrogen-bond acceptors (Lipinski definition) is 3. The molecule has 0 aromatic rings. The Kier molecular flexibility index (Phi) is 5.25. The minimum atomic E-state index is -0.846. The largest absolute Gasteiger partial charge is 0.481 e. The van der Waals surface area contributed by atoms with Crippen LogP contribution in [0.1, 0.15) is 32.1 Å². The zero-order valence-corrected chi connectivity index (χ0v) is 9.65. The maximum atomic E-state index is 11.7. The van der Waals surface area contributed by atoms with Crippen molar-refractivity contribution in [3.8, 4) is 0 Å². The molecule has 0 unspecified atom stereocenters. The fourth-order valence-electron chi connectivity index (χ4n) is 1.84. The van der Waals surface area contributed by atoms with E-state index in [1.165, 1.54) is 0 Å². The van der Waals surface area contributed by atoms with E-state index in [0.29, 0.717) is 26.1 Å². The predicted molar refractivity (Wildman–Crippen MR) is 58.1 cm³/mol. The van der Waals surface area contributed by atoms with Gasteiger partial charge >= 0.3 is 5.97 Å². The number of carboxylic acids is 1. The molecule has 0 aromatic heterocycles. The van der Waals surface area contributed by atoms with E-state index in [0.717, 1.165) is 12.8 Å². The molecule has 5 heteroatoms. The molecule has 16 heavy (non-hydrogen) atoms. The van der Waals surface area contributed by atoms with Gasteiger partial charge in [0, 0.05) is 39.1 Å². The summed E-state index contributed by atoms with van der Waals surface area (Å²) in [6, 6.07) is 0.256. The minimum absolute atomic E-state index is 0.0353. The average Bonchev–Trinajstić information content (AvgIpc) is 2.28. The molecule has 0 saturated carbocycles. The smallest absolute Gasteiger partial charge is 0.303 e. The van der Waals surface area contributed by atoms with E-state index in [4.69, 9.17) is 9.84 Å². The number of rotatable bonds is 5. The van der Waals surface area contributed by atoms with Crippen LogP contribution in [0.5, 0.6) is 0 Å². The number of nitrogens with zero attached hydrogens (tertiary/aromatic N) is 1. The highest BCUT2D eigenvalue weighted by Crippen LogP contribution is 2.14. The second-order valence-corrected chi connectivity index (χ2v) is 4.10. The van der Waals surface area contributed by atoms with Gasteiger partial charge < -0.3 is 14.7 Å². The SMILES string of the molecule is CN(C(=O)CCCC(=O)O)C1CCOCC1. The Balaban J connectivity index is 2.26. The third-order valence-electron chi connectivity index (χ3n) is 2.91. The Morgan fingerprint density at radius 3 is 2.50 bits per heavy atom. The summed E-state index contributed by atoms with van der Waals surface area (Å²) in [7, 11) is 1.79. The van der Waals surface area contributed by atoms with Gasteiger partial charge in [0.2, 0.25) is 5.91 Å². The van der Waals surface area contributed by atoms with Crippen molar-refractivity contribution in [1.82, 2.24) is 4.90 Å². The number of hydrogen-bond donors (Lipinski definition) is 1. The van der Waals surface area contributed by atoms with Crippen LogP contribution >= 0.6 is 0 Å². The Labute approximate surface area is 95.4 Å². The summed E-state index contributed by atoms with van der Waals surface area (Å²) >= 11 is 0. The molecule has 1 rings (SSSR count). The third-order valence-corrected chi connectivity index (χ3v) is 2.91. The fraction of sp³-hybridized carbons (Fsp3) is 0.818. The first-order chi connectivity index (χ1) is 7.61. The number of carboxylic acid groups (broad SMARTS) is 1. The van der Waals surface area contributed by atoms with E-state index in [9.17, 15) is 9.59 Å². The first-order valence-electron chi connectivity index (χ1n) is 5.66. The topological polar surface area (TPSA) is 66.8 Å². The lowest BCUT2D eigenvalue weighted by Gasteiger charge is -2.31. The van der Waals surface area contributed by atoms with E-state index < -0.39 is 5.97 Å². The molecular formula is C11H19NO4. The van der Waals surface area contributed by atoms with Crippen LogP contribution in [0.2, 0.25) is 0 Å². The predicted octanol–water partition coefficient (Wildman–Crippen LogP) is 0.879. The van der Waals surface area contributed by atoms with Gasteiger partial charge in [-0.05, 0) is 19.3 Å². The van der Waals surface area contributed by atoms with Crippen molar-refractivity contribution in [2.24, 2.45) is 0 Å². The molecule has 0 aliphatic carbocycles. The number of aliphatic carboxylic acids is 1. The Morgan fingerprint density at radius 2 is 1.94 bits per heavy atom. The summed E-state index contributed by atoms with van der Waals surface area (Å²) in [6.07, 6.45) is 2.55. The zero-order valence-electron chi connectivity index (χ0n) is 9.65. The van der Waals surface area contributed by atoms with Crippen LogP contribution in [0.4, 0.5) is 0 Å². The van der Waals surface area contributed by atoms with E-state index in [-0.39, 0.29) is 18.4 Å². The molecule has 0 atom stereocenters. The average molecular weight is 229 g/mol. The summed E-state index contributed by atoms with van der Waals surface area (Å²) in [4.78, 5) is 23.8. The molecule has 0 spiro atoms. The highest BCUT2D eigenvalue weighted by Gasteiger charge is 2.21. The lowest BCUT2D eigenvalue weighted by Crippen LogP contribution is -2.40. The summed E-state index contributed by atoms with van der Waals surface area (Å²) in [5.41, 5.74) is 0. The van der Waals surface area contributed by atoms with Crippen molar-refractivity contribution in [2.45, 2.75) is 38.1 Å². The molecule has 0 radical (unpaired) electrons. The molecule has 1 aliphatic heterocycles. The van der Waals surface area contributed by atoms with Crippen molar-refractivity contribution in [3.05, 3.63) is 0 Å². The maximum Gasteiger partial charge on any atom is 0.303 e. The molecular weight excluding hydrogens is 210 g/mol. The fourth-order valence-corrected chi connectivity index (χ4v) is 1.84. The van der Waals surface area contributed by atoms with Crippen molar-refractivity contribution in [3.63, 3.8) is 0 Å². The van der Waals surface area contributed by atoms with Crippen LogP contribution < -0.4 is 0 Å². The molecule has 1 N–H and O–H groups in total. The van der Waals surface area contributed by atoms with Gasteiger partial charge in [-0.2, -0.15) is 0 Å². The van der Waals surface area contributed by atoms with E-state index >= 15 is 0 Å². The van der Waals surface area contributed by atoms with Crippen molar-refractivity contribution in [1.29, 1.82) is 0 Å². The number of amides is 1. The summed E-state index contributed by atoms with van der Waals surface area (Å²) in [5, 5.41) is 8.47. The van der Waals surface area contributed by atoms with E-state index in [2.05, 4.69) is 0 Å². The Bertz CT molecular complexity index is 248. The van der Waals surface area contributed by atoms with Crippen molar-refractivity contribution >= 4 is 11.9 Å². The van der Waals surface area contributed by atoms with Gasteiger partial charge in [0.1, 0.15) is 0 Å². The van der Waals surface area contributed by atoms with Crippen molar-refractivity contribution in [2.75, 3.05) is 20.3 Å². The maximum absolute atomic E-state index is 11.7. The summed E-state index contributed by atoms with van der Waals surface area (Å²) in [5.74, 6) is -0.810. The van der Waals surface area contributed by atoms with Crippen LogP contribution in [0.15, 0.2) is 0 Å². The molecule has 0 aromatic carbocycles. The quantitative estimate of drug-likeness (QED) is 0.760. The van der Waals surface area contributed by atoms with Crippen LogP contribution in [0.3, 0.4) is 0 Å². The summed E-state index contributed by atoms with van der Waals surface area (Å²) < 4.78 is 5.23. The van der Waals surface area contributed by atoms with Crippen LogP contribution in [-0.4, -0.2) is 48.2 Å². The second-order valence-electron chi connectivity index (χ2n) is 4.10. The van der Waals surface area contributed by atoms with Gasteiger partial charge in [0.15, 0.2) is 0 Å². The molecule has 1 aliphatic rings. The molecule has 92 valence electrons. The highest BCUT2D eigenvalue weighted by molar-refractivity contribution is 5.77. The molecule has 1 heterocycles. The van der Waals surface area contributed by atoms with Crippen LogP contribution in [-0.2, 0) is 14.3 Å². The first-order valence-corrected chi connectivity index (χ1v) is 5.66. The second kappa shape index (κ2) is 6.48. The van der Waals surface area contributed by atoms with E-state index in [1.807, 2.05) is 0 Å². The summed E-state index contributed by atoms with van der Waals surface area (Å²) in [6.45, 7) is 1.41. The third kappa shape index (κ3) is 4.18. The van der Waals surface area contributed by atoms with Gasteiger partial charge in [0.05, 0.1) is 0 Å². The molecule has 1 saturated heterocycles.